The number of nitrogens with zero attached hydrogens (tertiary/aromatic N) is 1. The van der Waals surface area contributed by atoms with Crippen molar-refractivity contribution < 1.29 is 28.1 Å². The molecule has 3 N–H and O–H groups in total. The van der Waals surface area contributed by atoms with E-state index in [1.807, 2.05) is 0 Å². The fourth-order valence-corrected chi connectivity index (χ4v) is 4.71. The van der Waals surface area contributed by atoms with Crippen LogP contribution in [0.15, 0.2) is 29.2 Å². The number of aliphatic hydroxyl groups is 2. The molecule has 0 bridgehead atoms. The van der Waals surface area contributed by atoms with Crippen LogP contribution in [0, 0.1) is 0 Å². The largest absolute Gasteiger partial charge is 0.497 e. The van der Waals surface area contributed by atoms with E-state index in [4.69, 9.17) is 9.47 Å². The summed E-state index contributed by atoms with van der Waals surface area (Å²) in [5.74, 6) is 0.575. The molecule has 1 aromatic carbocycles. The van der Waals surface area contributed by atoms with Crippen LogP contribution in [-0.2, 0) is 14.8 Å². The first-order valence-corrected chi connectivity index (χ1v) is 10.3. The van der Waals surface area contributed by atoms with Gasteiger partial charge in [0.2, 0.25) is 10.0 Å². The Bertz CT molecular complexity index is 690. The Morgan fingerprint density at radius 3 is 2.46 bits per heavy atom. The van der Waals surface area contributed by atoms with Crippen molar-refractivity contribution in [3.05, 3.63) is 24.3 Å². The van der Waals surface area contributed by atoms with Crippen molar-refractivity contribution >= 4 is 10.0 Å². The summed E-state index contributed by atoms with van der Waals surface area (Å²) in [6, 6.07) is 5.78. The molecule has 0 radical (unpaired) electrons. The normalized spacial score (nSPS) is 30.0. The third kappa shape index (κ3) is 4.03. The van der Waals surface area contributed by atoms with E-state index in [0.29, 0.717) is 5.75 Å². The fourth-order valence-electron chi connectivity index (χ4n) is 3.67. The summed E-state index contributed by atoms with van der Waals surface area (Å²) in [7, 11) is -2.20. The van der Waals surface area contributed by atoms with E-state index in [9.17, 15) is 18.6 Å². The smallest absolute Gasteiger partial charge is 0.240 e. The van der Waals surface area contributed by atoms with Gasteiger partial charge in [0, 0.05) is 6.54 Å². The Balaban J connectivity index is 1.69. The van der Waals surface area contributed by atoms with Gasteiger partial charge in [-0.25, -0.2) is 13.1 Å². The lowest BCUT2D eigenvalue weighted by molar-refractivity contribution is -0.0201. The number of rotatable bonds is 7. The minimum absolute atomic E-state index is 0.0308. The molecule has 0 spiro atoms. The first kappa shape index (κ1) is 19.5. The van der Waals surface area contributed by atoms with Crippen LogP contribution < -0.4 is 9.46 Å². The summed E-state index contributed by atoms with van der Waals surface area (Å²) in [6.45, 7) is 1.41. The summed E-state index contributed by atoms with van der Waals surface area (Å²) in [6.07, 6.45) is 0.0205. The molecule has 4 unspecified atom stereocenters. The first-order valence-electron chi connectivity index (χ1n) is 8.78. The van der Waals surface area contributed by atoms with Crippen LogP contribution in [0.5, 0.6) is 5.75 Å². The highest BCUT2D eigenvalue weighted by Crippen LogP contribution is 2.28. The predicted octanol–water partition coefficient (Wildman–Crippen LogP) is -0.441. The van der Waals surface area contributed by atoms with E-state index < -0.39 is 28.3 Å². The molecule has 2 saturated heterocycles. The lowest BCUT2D eigenvalue weighted by atomic mass is 10.0. The summed E-state index contributed by atoms with van der Waals surface area (Å²) < 4.78 is 38.4. The predicted molar refractivity (Wildman–Crippen MR) is 94.5 cm³/mol. The molecule has 2 aliphatic rings. The van der Waals surface area contributed by atoms with Crippen molar-refractivity contribution in [1.82, 2.24) is 9.62 Å². The summed E-state index contributed by atoms with van der Waals surface area (Å²) in [5.41, 5.74) is 0. The Morgan fingerprint density at radius 1 is 1.23 bits per heavy atom. The molecular formula is C17H26N2O6S. The lowest BCUT2D eigenvalue weighted by Crippen LogP contribution is -2.50. The molecular weight excluding hydrogens is 360 g/mol. The van der Waals surface area contributed by atoms with E-state index in [-0.39, 0.29) is 24.1 Å². The molecule has 9 heteroatoms. The van der Waals surface area contributed by atoms with Crippen molar-refractivity contribution in [3.8, 4) is 5.75 Å². The van der Waals surface area contributed by atoms with E-state index >= 15 is 0 Å². The van der Waals surface area contributed by atoms with Crippen LogP contribution in [0.3, 0.4) is 0 Å². The maximum absolute atomic E-state index is 12.5. The maximum Gasteiger partial charge on any atom is 0.240 e. The van der Waals surface area contributed by atoms with Crippen LogP contribution in [0.4, 0.5) is 0 Å². The standard InChI is InChI=1S/C17H26N2O6S/c1-24-12-4-6-13(7-5-12)26(22,23)18-10-14-16(19-8-2-3-9-19)17(21)15(11-20)25-14/h4-7,14-18,20-21H,2-3,8-11H2,1H3. The van der Waals surface area contributed by atoms with Crippen LogP contribution in [0.2, 0.25) is 0 Å². The SMILES string of the molecule is COc1ccc(S(=O)(=O)NCC2OC(CO)C(O)C2N2CCCC2)cc1. The van der Waals surface area contributed by atoms with Crippen LogP contribution >= 0.6 is 0 Å². The third-order valence-electron chi connectivity index (χ3n) is 5.05. The second kappa shape index (κ2) is 8.20. The molecule has 0 aliphatic carbocycles. The van der Waals surface area contributed by atoms with Gasteiger partial charge in [0.15, 0.2) is 0 Å². The topological polar surface area (TPSA) is 108 Å². The summed E-state index contributed by atoms with van der Waals surface area (Å²) in [5, 5.41) is 19.9. The second-order valence-electron chi connectivity index (χ2n) is 6.65. The molecule has 2 heterocycles. The highest BCUT2D eigenvalue weighted by molar-refractivity contribution is 7.89. The van der Waals surface area contributed by atoms with Crippen LogP contribution in [0.1, 0.15) is 12.8 Å². The molecule has 8 nitrogen and oxygen atoms in total. The number of nitrogens with one attached hydrogen (secondary N) is 1. The van der Waals surface area contributed by atoms with Gasteiger partial charge < -0.3 is 19.7 Å². The third-order valence-corrected chi connectivity index (χ3v) is 6.49. The number of hydrogen-bond donors (Lipinski definition) is 3. The fraction of sp³-hybridized carbons (Fsp3) is 0.647. The number of likely N-dealkylation sites (tertiary alicyclic amines) is 1. The highest BCUT2D eigenvalue weighted by Gasteiger charge is 2.46. The van der Waals surface area contributed by atoms with E-state index in [1.54, 1.807) is 12.1 Å². The number of aliphatic hydroxyl groups excluding tert-OH is 2. The van der Waals surface area contributed by atoms with Gasteiger partial charge in [-0.2, -0.15) is 0 Å². The number of sulfonamides is 1. The number of hydrogen-bond acceptors (Lipinski definition) is 7. The van der Waals surface area contributed by atoms with Crippen LogP contribution in [-0.4, -0.2) is 81.2 Å². The average Bonchev–Trinajstić information content (AvgIpc) is 3.27. The van der Waals surface area contributed by atoms with Crippen molar-refractivity contribution in [2.75, 3.05) is 33.4 Å². The van der Waals surface area contributed by atoms with E-state index in [1.165, 1.54) is 19.2 Å². The quantitative estimate of drug-likeness (QED) is 0.583. The second-order valence-corrected chi connectivity index (χ2v) is 8.41. The van der Waals surface area contributed by atoms with Gasteiger partial charge in [-0.15, -0.1) is 0 Å². The van der Waals surface area contributed by atoms with E-state index in [0.717, 1.165) is 25.9 Å². The van der Waals surface area contributed by atoms with Gasteiger partial charge in [0.1, 0.15) is 18.0 Å². The van der Waals surface area contributed by atoms with Gasteiger partial charge in [-0.3, -0.25) is 4.90 Å². The van der Waals surface area contributed by atoms with Gasteiger partial charge >= 0.3 is 0 Å². The molecule has 0 saturated carbocycles. The molecule has 1 aromatic rings. The van der Waals surface area contributed by atoms with E-state index in [2.05, 4.69) is 9.62 Å². The minimum atomic E-state index is -3.71. The van der Waals surface area contributed by atoms with Crippen molar-refractivity contribution in [1.29, 1.82) is 0 Å². The van der Waals surface area contributed by atoms with Crippen molar-refractivity contribution in [2.45, 2.75) is 42.1 Å². The molecule has 26 heavy (non-hydrogen) atoms. The molecule has 2 fully saturated rings. The lowest BCUT2D eigenvalue weighted by Gasteiger charge is -2.30. The molecule has 4 atom stereocenters. The number of methoxy groups -OCH3 is 1. The Labute approximate surface area is 153 Å². The van der Waals surface area contributed by atoms with Crippen molar-refractivity contribution in [3.63, 3.8) is 0 Å². The van der Waals surface area contributed by atoms with Gasteiger partial charge in [-0.1, -0.05) is 0 Å². The zero-order valence-corrected chi connectivity index (χ0v) is 15.6. The van der Waals surface area contributed by atoms with Gasteiger partial charge in [-0.05, 0) is 50.2 Å². The first-order chi connectivity index (χ1) is 12.5. The minimum Gasteiger partial charge on any atom is -0.497 e. The van der Waals surface area contributed by atoms with Crippen LogP contribution in [0.25, 0.3) is 0 Å². The number of benzene rings is 1. The Morgan fingerprint density at radius 2 is 1.88 bits per heavy atom. The monoisotopic (exact) mass is 386 g/mol. The molecule has 0 amide bonds. The zero-order chi connectivity index (χ0) is 18.7. The number of ether oxygens (including phenoxy) is 2. The Hall–Kier alpha value is -1.23. The maximum atomic E-state index is 12.5. The average molecular weight is 386 g/mol. The molecule has 146 valence electrons. The van der Waals surface area contributed by atoms with Gasteiger partial charge in [0.25, 0.3) is 0 Å². The highest BCUT2D eigenvalue weighted by atomic mass is 32.2. The summed E-state index contributed by atoms with van der Waals surface area (Å²) in [4.78, 5) is 2.25. The molecule has 2 aliphatic heterocycles. The molecule has 0 aromatic heterocycles. The Kier molecular flexibility index (Phi) is 6.16. The zero-order valence-electron chi connectivity index (χ0n) is 14.7. The summed E-state index contributed by atoms with van der Waals surface area (Å²) >= 11 is 0. The molecule has 3 rings (SSSR count). The van der Waals surface area contributed by atoms with Gasteiger partial charge in [0.05, 0.1) is 30.8 Å². The van der Waals surface area contributed by atoms with Crippen molar-refractivity contribution in [2.24, 2.45) is 0 Å².